The first-order valence-corrected chi connectivity index (χ1v) is 11.3. The van der Waals surface area contributed by atoms with Gasteiger partial charge in [0.25, 0.3) is 5.91 Å². The maximum absolute atomic E-state index is 13.7. The SMILES string of the molecule is O=C1NC(Cc2ccccc2)(c2ccccc2)C(=O)N1Cc1csc(-c2ccccc2)n1. The molecule has 2 heterocycles. The highest BCUT2D eigenvalue weighted by Crippen LogP contribution is 2.34. The Morgan fingerprint density at radius 2 is 1.47 bits per heavy atom. The van der Waals surface area contributed by atoms with Crippen LogP contribution >= 0.6 is 11.3 Å². The minimum Gasteiger partial charge on any atom is -0.319 e. The number of carbonyl (C=O) groups excluding carboxylic acids is 2. The number of hydrogen-bond donors (Lipinski definition) is 1. The quantitative estimate of drug-likeness (QED) is 0.430. The summed E-state index contributed by atoms with van der Waals surface area (Å²) in [6, 6.07) is 28.7. The number of carbonyl (C=O) groups is 2. The zero-order chi connectivity index (χ0) is 22.0. The predicted octanol–water partition coefficient (Wildman–Crippen LogP) is 5.00. The molecule has 5 nitrogen and oxygen atoms in total. The number of nitrogens with one attached hydrogen (secondary N) is 1. The normalized spacial score (nSPS) is 18.1. The summed E-state index contributed by atoms with van der Waals surface area (Å²) in [7, 11) is 0. The van der Waals surface area contributed by atoms with Crippen LogP contribution < -0.4 is 5.32 Å². The van der Waals surface area contributed by atoms with Crippen molar-refractivity contribution in [2.75, 3.05) is 0 Å². The van der Waals surface area contributed by atoms with Crippen LogP contribution in [0.25, 0.3) is 10.6 Å². The van der Waals surface area contributed by atoms with Crippen LogP contribution in [0, 0.1) is 0 Å². The van der Waals surface area contributed by atoms with Gasteiger partial charge in [0.05, 0.1) is 12.2 Å². The van der Waals surface area contributed by atoms with Gasteiger partial charge >= 0.3 is 6.03 Å². The molecule has 5 rings (SSSR count). The van der Waals surface area contributed by atoms with E-state index in [0.29, 0.717) is 12.1 Å². The molecule has 4 aromatic rings. The Hall–Kier alpha value is -3.77. The predicted molar refractivity (Wildman–Crippen MR) is 125 cm³/mol. The van der Waals surface area contributed by atoms with Crippen LogP contribution in [0.2, 0.25) is 0 Å². The first-order valence-electron chi connectivity index (χ1n) is 10.4. The van der Waals surface area contributed by atoms with E-state index in [1.54, 1.807) is 0 Å². The molecule has 0 bridgehead atoms. The molecule has 1 N–H and O–H groups in total. The molecule has 32 heavy (non-hydrogen) atoms. The van der Waals surface area contributed by atoms with E-state index >= 15 is 0 Å². The molecule has 0 aliphatic carbocycles. The topological polar surface area (TPSA) is 62.3 Å². The van der Waals surface area contributed by atoms with Crippen molar-refractivity contribution >= 4 is 23.3 Å². The second-order valence-electron chi connectivity index (χ2n) is 7.77. The Bertz CT molecular complexity index is 1240. The molecule has 1 aliphatic heterocycles. The van der Waals surface area contributed by atoms with E-state index in [2.05, 4.69) is 10.3 Å². The van der Waals surface area contributed by atoms with E-state index < -0.39 is 11.6 Å². The van der Waals surface area contributed by atoms with Crippen LogP contribution in [0.4, 0.5) is 4.79 Å². The minimum atomic E-state index is -1.14. The summed E-state index contributed by atoms with van der Waals surface area (Å²) in [6.45, 7) is 0.136. The Balaban J connectivity index is 1.46. The molecule has 1 unspecified atom stereocenters. The number of nitrogens with zero attached hydrogens (tertiary/aromatic N) is 2. The summed E-state index contributed by atoms with van der Waals surface area (Å²) in [5.74, 6) is -0.258. The number of imide groups is 1. The molecule has 1 fully saturated rings. The zero-order valence-electron chi connectivity index (χ0n) is 17.3. The van der Waals surface area contributed by atoms with Gasteiger partial charge < -0.3 is 5.32 Å². The van der Waals surface area contributed by atoms with Crippen LogP contribution in [-0.2, 0) is 23.3 Å². The Kier molecular flexibility index (Phi) is 5.29. The van der Waals surface area contributed by atoms with Gasteiger partial charge in [0.1, 0.15) is 5.01 Å². The number of amides is 3. The molecule has 1 atom stereocenters. The van der Waals surface area contributed by atoms with Gasteiger partial charge in [-0.05, 0) is 11.1 Å². The van der Waals surface area contributed by atoms with Crippen molar-refractivity contribution in [2.24, 2.45) is 0 Å². The van der Waals surface area contributed by atoms with E-state index in [0.717, 1.165) is 21.7 Å². The lowest BCUT2D eigenvalue weighted by Gasteiger charge is -2.27. The van der Waals surface area contributed by atoms with E-state index in [9.17, 15) is 9.59 Å². The summed E-state index contributed by atoms with van der Waals surface area (Å²) in [6.07, 6.45) is 0.380. The first-order chi connectivity index (χ1) is 15.7. The van der Waals surface area contributed by atoms with Crippen molar-refractivity contribution in [3.05, 3.63) is 113 Å². The van der Waals surface area contributed by atoms with Gasteiger partial charge in [0.15, 0.2) is 5.54 Å². The maximum atomic E-state index is 13.7. The van der Waals surface area contributed by atoms with Crippen LogP contribution in [0.3, 0.4) is 0 Å². The lowest BCUT2D eigenvalue weighted by Crippen LogP contribution is -2.46. The first kappa shape index (κ1) is 20.2. The fourth-order valence-electron chi connectivity index (χ4n) is 4.07. The largest absolute Gasteiger partial charge is 0.325 e. The van der Waals surface area contributed by atoms with E-state index in [4.69, 9.17) is 0 Å². The average Bonchev–Trinajstić information content (AvgIpc) is 3.40. The number of rotatable bonds is 6. The fourth-order valence-corrected chi connectivity index (χ4v) is 4.88. The molecule has 0 radical (unpaired) electrons. The molecule has 1 aromatic heterocycles. The smallest absolute Gasteiger partial charge is 0.319 e. The van der Waals surface area contributed by atoms with Gasteiger partial charge in [-0.15, -0.1) is 11.3 Å². The number of aromatic nitrogens is 1. The summed E-state index contributed by atoms with van der Waals surface area (Å²) in [5, 5.41) is 5.78. The monoisotopic (exact) mass is 439 g/mol. The Morgan fingerprint density at radius 3 is 2.16 bits per heavy atom. The van der Waals surface area contributed by atoms with Gasteiger partial charge in [0, 0.05) is 17.4 Å². The highest BCUT2D eigenvalue weighted by Gasteiger charge is 2.52. The molecule has 1 saturated heterocycles. The van der Waals surface area contributed by atoms with Crippen molar-refractivity contribution in [1.82, 2.24) is 15.2 Å². The second-order valence-corrected chi connectivity index (χ2v) is 8.62. The third-order valence-electron chi connectivity index (χ3n) is 5.65. The van der Waals surface area contributed by atoms with E-state index in [-0.39, 0.29) is 12.5 Å². The summed E-state index contributed by atoms with van der Waals surface area (Å²) < 4.78 is 0. The third-order valence-corrected chi connectivity index (χ3v) is 6.59. The fraction of sp³-hybridized carbons (Fsp3) is 0.115. The average molecular weight is 440 g/mol. The van der Waals surface area contributed by atoms with Gasteiger partial charge in [-0.3, -0.25) is 9.69 Å². The maximum Gasteiger partial charge on any atom is 0.325 e. The summed E-state index contributed by atoms with van der Waals surface area (Å²) in [4.78, 5) is 32.7. The molecule has 0 spiro atoms. The van der Waals surface area contributed by atoms with Crippen LogP contribution in [0.15, 0.2) is 96.4 Å². The Morgan fingerprint density at radius 1 is 0.844 bits per heavy atom. The highest BCUT2D eigenvalue weighted by molar-refractivity contribution is 7.13. The molecule has 0 saturated carbocycles. The second kappa shape index (κ2) is 8.40. The van der Waals surface area contributed by atoms with Gasteiger partial charge in [-0.2, -0.15) is 0 Å². The Labute approximate surface area is 190 Å². The molecular weight excluding hydrogens is 418 g/mol. The van der Waals surface area contributed by atoms with Crippen LogP contribution in [0.1, 0.15) is 16.8 Å². The lowest BCUT2D eigenvalue weighted by atomic mass is 9.83. The van der Waals surface area contributed by atoms with Crippen LogP contribution in [0.5, 0.6) is 0 Å². The van der Waals surface area contributed by atoms with Gasteiger partial charge in [0.2, 0.25) is 0 Å². The van der Waals surface area contributed by atoms with Crippen molar-refractivity contribution < 1.29 is 9.59 Å². The number of thiazole rings is 1. The number of benzene rings is 3. The number of urea groups is 1. The molecule has 158 valence electrons. The highest BCUT2D eigenvalue weighted by atomic mass is 32.1. The molecule has 3 aromatic carbocycles. The number of hydrogen-bond acceptors (Lipinski definition) is 4. The zero-order valence-corrected chi connectivity index (χ0v) is 18.1. The van der Waals surface area contributed by atoms with E-state index in [1.165, 1.54) is 16.2 Å². The summed E-state index contributed by atoms with van der Waals surface area (Å²) in [5.41, 5.74) is 2.32. The van der Waals surface area contributed by atoms with Crippen molar-refractivity contribution in [3.63, 3.8) is 0 Å². The molecule has 6 heteroatoms. The van der Waals surface area contributed by atoms with E-state index in [1.807, 2.05) is 96.4 Å². The molecule has 1 aliphatic rings. The summed E-state index contributed by atoms with van der Waals surface area (Å²) >= 11 is 1.51. The molecule has 3 amide bonds. The molecular formula is C26H21N3O2S. The standard InChI is InChI=1S/C26H21N3O2S/c30-24-26(21-14-8-3-9-15-21,16-19-10-4-1-5-11-19)28-25(31)29(24)17-22-18-32-23(27-22)20-12-6-2-7-13-20/h1-15,18H,16-17H2,(H,28,31). The van der Waals surface area contributed by atoms with Crippen molar-refractivity contribution in [1.29, 1.82) is 0 Å². The lowest BCUT2D eigenvalue weighted by molar-refractivity contribution is -0.132. The third kappa shape index (κ3) is 3.69. The van der Waals surface area contributed by atoms with Crippen LogP contribution in [-0.4, -0.2) is 21.8 Å². The minimum absolute atomic E-state index is 0.136. The van der Waals surface area contributed by atoms with Gasteiger partial charge in [-0.25, -0.2) is 9.78 Å². The van der Waals surface area contributed by atoms with Crippen molar-refractivity contribution in [3.8, 4) is 10.6 Å². The van der Waals surface area contributed by atoms with Crippen molar-refractivity contribution in [2.45, 2.75) is 18.5 Å². The van der Waals surface area contributed by atoms with Gasteiger partial charge in [-0.1, -0.05) is 91.0 Å².